The second-order valence-electron chi connectivity index (χ2n) is 7.58. The van der Waals surface area contributed by atoms with Gasteiger partial charge in [0, 0.05) is 17.9 Å². The smallest absolute Gasteiger partial charge is 0.233 e. The summed E-state index contributed by atoms with van der Waals surface area (Å²) in [6.45, 7) is 0.516. The fraction of sp³-hybridized carbons (Fsp3) is 0.304. The van der Waals surface area contributed by atoms with E-state index in [4.69, 9.17) is 14.2 Å². The Morgan fingerprint density at radius 2 is 1.78 bits per heavy atom. The highest BCUT2D eigenvalue weighted by molar-refractivity contribution is 5.92. The zero-order valence-corrected chi connectivity index (χ0v) is 17.8. The van der Waals surface area contributed by atoms with E-state index in [1.807, 2.05) is 36.4 Å². The van der Waals surface area contributed by atoms with Crippen molar-refractivity contribution in [1.29, 1.82) is 0 Å². The van der Waals surface area contributed by atoms with Crippen LogP contribution in [-0.4, -0.2) is 64.6 Å². The monoisotopic (exact) mass is 433 g/mol. The minimum atomic E-state index is -0.173. The third kappa shape index (κ3) is 3.60. The van der Waals surface area contributed by atoms with E-state index >= 15 is 0 Å². The molecular weight excluding hydrogens is 410 g/mol. The predicted octanol–water partition coefficient (Wildman–Crippen LogP) is 2.61. The molecule has 0 amide bonds. The molecule has 9 nitrogen and oxygen atoms in total. The molecule has 3 heterocycles. The molecule has 0 bridgehead atoms. The number of anilines is 1. The molecule has 1 aliphatic rings. The highest BCUT2D eigenvalue weighted by atomic mass is 16.5. The quantitative estimate of drug-likeness (QED) is 0.491. The van der Waals surface area contributed by atoms with Crippen LogP contribution in [0.5, 0.6) is 17.4 Å². The first-order chi connectivity index (χ1) is 15.7. The van der Waals surface area contributed by atoms with E-state index in [0.717, 1.165) is 21.9 Å². The highest BCUT2D eigenvalue weighted by Gasteiger charge is 2.35. The van der Waals surface area contributed by atoms with Crippen LogP contribution >= 0.6 is 0 Å². The van der Waals surface area contributed by atoms with Crippen molar-refractivity contribution in [3.8, 4) is 17.4 Å². The van der Waals surface area contributed by atoms with Gasteiger partial charge in [-0.2, -0.15) is 0 Å². The maximum absolute atomic E-state index is 10.1. The number of hydrogen-bond acceptors (Lipinski definition) is 9. The fourth-order valence-corrected chi connectivity index (χ4v) is 4.16. The number of hydrogen-bond donors (Lipinski definition) is 1. The first-order valence-corrected chi connectivity index (χ1v) is 10.3. The van der Waals surface area contributed by atoms with E-state index in [1.165, 1.54) is 6.33 Å². The number of para-hydroxylation sites is 2. The first-order valence-electron chi connectivity index (χ1n) is 10.3. The van der Waals surface area contributed by atoms with Gasteiger partial charge in [0.1, 0.15) is 18.2 Å². The van der Waals surface area contributed by atoms with Gasteiger partial charge in [0.05, 0.1) is 56.2 Å². The average molecular weight is 433 g/mol. The van der Waals surface area contributed by atoms with Crippen LogP contribution in [0.25, 0.3) is 21.9 Å². The van der Waals surface area contributed by atoms with Gasteiger partial charge in [0.2, 0.25) is 5.88 Å². The van der Waals surface area contributed by atoms with Crippen molar-refractivity contribution in [2.45, 2.75) is 18.6 Å². The lowest BCUT2D eigenvalue weighted by atomic mass is 10.1. The number of fused-ring (bicyclic) bond motifs is 2. The van der Waals surface area contributed by atoms with Crippen molar-refractivity contribution in [3.05, 3.63) is 48.9 Å². The molecule has 2 unspecified atom stereocenters. The van der Waals surface area contributed by atoms with E-state index in [2.05, 4.69) is 24.8 Å². The summed E-state index contributed by atoms with van der Waals surface area (Å²) in [6.07, 6.45) is 3.61. The molecule has 1 fully saturated rings. The fourth-order valence-electron chi connectivity index (χ4n) is 4.16. The molecule has 0 saturated carbocycles. The summed E-state index contributed by atoms with van der Waals surface area (Å²) in [4.78, 5) is 19.9. The number of methoxy groups -OCH3 is 2. The summed E-state index contributed by atoms with van der Waals surface area (Å²) in [6, 6.07) is 11.2. The molecule has 1 saturated heterocycles. The summed E-state index contributed by atoms with van der Waals surface area (Å²) in [5, 5.41) is 10.9. The molecule has 4 aromatic rings. The molecular formula is C23H23N5O4. The first kappa shape index (κ1) is 20.2. The average Bonchev–Trinajstić information content (AvgIpc) is 3.25. The zero-order valence-electron chi connectivity index (χ0n) is 17.8. The summed E-state index contributed by atoms with van der Waals surface area (Å²) in [5.41, 5.74) is 2.33. The van der Waals surface area contributed by atoms with Crippen LogP contribution in [-0.2, 0) is 0 Å². The minimum Gasteiger partial charge on any atom is -0.493 e. The Labute approximate surface area is 184 Å². The Balaban J connectivity index is 1.45. The van der Waals surface area contributed by atoms with Crippen LogP contribution in [0.1, 0.15) is 6.42 Å². The van der Waals surface area contributed by atoms with Crippen molar-refractivity contribution in [1.82, 2.24) is 19.9 Å². The maximum Gasteiger partial charge on any atom is 0.233 e. The molecule has 164 valence electrons. The number of nitrogens with zero attached hydrogens (tertiary/aromatic N) is 5. The maximum atomic E-state index is 10.1. The zero-order chi connectivity index (χ0) is 22.1. The van der Waals surface area contributed by atoms with E-state index in [9.17, 15) is 5.11 Å². The molecule has 0 radical (unpaired) electrons. The second kappa shape index (κ2) is 8.43. The predicted molar refractivity (Wildman–Crippen MR) is 119 cm³/mol. The van der Waals surface area contributed by atoms with Gasteiger partial charge in [-0.3, -0.25) is 0 Å². The Morgan fingerprint density at radius 3 is 2.56 bits per heavy atom. The molecule has 2 aromatic heterocycles. The van der Waals surface area contributed by atoms with Gasteiger partial charge in [-0.05, 0) is 18.2 Å². The number of aliphatic hydroxyl groups is 1. The van der Waals surface area contributed by atoms with E-state index in [-0.39, 0.29) is 18.8 Å². The van der Waals surface area contributed by atoms with Crippen LogP contribution in [0.3, 0.4) is 0 Å². The van der Waals surface area contributed by atoms with Crippen LogP contribution in [0, 0.1) is 0 Å². The Bertz CT molecular complexity index is 1270. The molecule has 2 aromatic carbocycles. The molecule has 0 spiro atoms. The second-order valence-corrected chi connectivity index (χ2v) is 7.58. The largest absolute Gasteiger partial charge is 0.493 e. The van der Waals surface area contributed by atoms with E-state index < -0.39 is 0 Å². The van der Waals surface area contributed by atoms with E-state index in [0.29, 0.717) is 36.2 Å². The lowest BCUT2D eigenvalue weighted by molar-refractivity contribution is 0.199. The number of aromatic nitrogens is 4. The Kier molecular flexibility index (Phi) is 5.32. The van der Waals surface area contributed by atoms with Crippen LogP contribution in [0.4, 0.5) is 5.82 Å². The lowest BCUT2D eigenvalue weighted by Gasteiger charge is -2.25. The van der Waals surface area contributed by atoms with Crippen molar-refractivity contribution in [3.63, 3.8) is 0 Å². The summed E-state index contributed by atoms with van der Waals surface area (Å²) >= 11 is 0. The standard InChI is InChI=1S/C23H23N5O4/c1-30-20-8-16-19(9-21(20)31-2)25-13-26-23(16)28-11-15(7-14(28)12-29)32-22-10-24-17-5-3-4-6-18(17)27-22/h3-6,8-10,13-15,29H,7,11-12H2,1-2H3. The molecule has 1 aliphatic heterocycles. The number of aliphatic hydroxyl groups excluding tert-OH is 1. The molecule has 32 heavy (non-hydrogen) atoms. The number of benzene rings is 2. The summed E-state index contributed by atoms with van der Waals surface area (Å²) in [7, 11) is 3.18. The van der Waals surface area contributed by atoms with Crippen molar-refractivity contribution in [2.24, 2.45) is 0 Å². The Hall–Kier alpha value is -3.72. The SMILES string of the molecule is COc1cc2ncnc(N3CC(Oc4cnc5ccccc5n4)CC3CO)c2cc1OC. The van der Waals surface area contributed by atoms with Crippen molar-refractivity contribution < 1.29 is 19.3 Å². The van der Waals surface area contributed by atoms with Crippen molar-refractivity contribution >= 4 is 27.8 Å². The third-order valence-corrected chi connectivity index (χ3v) is 5.69. The van der Waals surface area contributed by atoms with Gasteiger partial charge in [0.25, 0.3) is 0 Å². The van der Waals surface area contributed by atoms with E-state index in [1.54, 1.807) is 20.4 Å². The number of rotatable bonds is 6. The highest BCUT2D eigenvalue weighted by Crippen LogP contribution is 2.37. The van der Waals surface area contributed by atoms with Gasteiger partial charge in [0.15, 0.2) is 11.5 Å². The molecule has 9 heteroatoms. The summed E-state index contributed by atoms with van der Waals surface area (Å²) < 4.78 is 17.0. The van der Waals surface area contributed by atoms with Gasteiger partial charge in [-0.25, -0.2) is 19.9 Å². The number of ether oxygens (including phenoxy) is 3. The third-order valence-electron chi connectivity index (χ3n) is 5.69. The topological polar surface area (TPSA) is 103 Å². The van der Waals surface area contributed by atoms with Gasteiger partial charge in [-0.15, -0.1) is 0 Å². The normalized spacial score (nSPS) is 18.3. The molecule has 5 rings (SSSR count). The lowest BCUT2D eigenvalue weighted by Crippen LogP contribution is -2.33. The van der Waals surface area contributed by atoms with Crippen LogP contribution in [0.2, 0.25) is 0 Å². The van der Waals surface area contributed by atoms with Gasteiger partial charge in [-0.1, -0.05) is 12.1 Å². The van der Waals surface area contributed by atoms with Gasteiger partial charge < -0.3 is 24.2 Å². The van der Waals surface area contributed by atoms with Crippen molar-refractivity contribution in [2.75, 3.05) is 32.3 Å². The van der Waals surface area contributed by atoms with Crippen LogP contribution < -0.4 is 19.1 Å². The molecule has 1 N–H and O–H groups in total. The summed E-state index contributed by atoms with van der Waals surface area (Å²) in [5.74, 6) is 2.37. The molecule has 0 aliphatic carbocycles. The van der Waals surface area contributed by atoms with Gasteiger partial charge >= 0.3 is 0 Å². The Morgan fingerprint density at radius 1 is 1.00 bits per heavy atom. The van der Waals surface area contributed by atoms with Crippen LogP contribution in [0.15, 0.2) is 48.9 Å². The molecule has 2 atom stereocenters. The minimum absolute atomic E-state index is 0.0257.